The fourth-order valence-corrected chi connectivity index (χ4v) is 4.20. The van der Waals surface area contributed by atoms with Crippen molar-refractivity contribution in [2.75, 3.05) is 26.1 Å². The summed E-state index contributed by atoms with van der Waals surface area (Å²) in [6.45, 7) is 1.47. The van der Waals surface area contributed by atoms with Gasteiger partial charge in [-0.1, -0.05) is 18.2 Å². The number of benzene rings is 4. The lowest BCUT2D eigenvalue weighted by Gasteiger charge is -2.12. The Kier molecular flexibility index (Phi) is 7.68. The zero-order chi connectivity index (χ0) is 28.1. The van der Waals surface area contributed by atoms with Gasteiger partial charge in [0.2, 0.25) is 0 Å². The highest BCUT2D eigenvalue weighted by molar-refractivity contribution is 5.98. The molecule has 40 heavy (non-hydrogen) atoms. The van der Waals surface area contributed by atoms with Gasteiger partial charge in [0.1, 0.15) is 11.5 Å². The van der Waals surface area contributed by atoms with Gasteiger partial charge in [-0.25, -0.2) is 14.8 Å². The van der Waals surface area contributed by atoms with Crippen molar-refractivity contribution >= 4 is 28.6 Å². The Morgan fingerprint density at radius 1 is 0.725 bits per heavy atom. The molecule has 0 atom stereocenters. The Balaban J connectivity index is 1.44. The minimum atomic E-state index is -0.631. The Morgan fingerprint density at radius 2 is 1.30 bits per heavy atom. The van der Waals surface area contributed by atoms with E-state index in [1.165, 1.54) is 0 Å². The van der Waals surface area contributed by atoms with Crippen molar-refractivity contribution in [1.29, 1.82) is 0 Å². The summed E-state index contributed by atoms with van der Waals surface area (Å²) in [7, 11) is 3.23. The van der Waals surface area contributed by atoms with Crippen LogP contribution >= 0.6 is 0 Å². The van der Waals surface area contributed by atoms with E-state index < -0.39 is 18.5 Å². The smallest absolute Gasteiger partial charge is 0.338 e. The number of rotatable bonds is 8. The Hall–Kier alpha value is -5.24. The molecule has 1 amide bonds. The third kappa shape index (κ3) is 5.76. The number of aryl methyl sites for hydroxylation is 1. The van der Waals surface area contributed by atoms with Gasteiger partial charge in [0.15, 0.2) is 6.61 Å². The van der Waals surface area contributed by atoms with Gasteiger partial charge in [-0.3, -0.25) is 4.79 Å². The molecule has 1 N–H and O–H groups in total. The average Bonchev–Trinajstić information content (AvgIpc) is 3.00. The second-order valence-corrected chi connectivity index (χ2v) is 9.02. The maximum atomic E-state index is 12.8. The number of nitrogens with zero attached hydrogens (tertiary/aromatic N) is 2. The second kappa shape index (κ2) is 11.7. The zero-order valence-electron chi connectivity index (χ0n) is 22.3. The summed E-state index contributed by atoms with van der Waals surface area (Å²) in [6.07, 6.45) is 0. The molecule has 0 bridgehead atoms. The first-order valence-corrected chi connectivity index (χ1v) is 12.6. The summed E-state index contributed by atoms with van der Waals surface area (Å²) in [6, 6.07) is 27.5. The van der Waals surface area contributed by atoms with E-state index in [2.05, 4.69) is 5.32 Å². The molecule has 1 heterocycles. The Morgan fingerprint density at radius 3 is 1.88 bits per heavy atom. The van der Waals surface area contributed by atoms with Crippen LogP contribution in [-0.4, -0.2) is 42.7 Å². The minimum Gasteiger partial charge on any atom is -0.497 e. The second-order valence-electron chi connectivity index (χ2n) is 9.02. The molecule has 0 saturated heterocycles. The van der Waals surface area contributed by atoms with Crippen LogP contribution in [0, 0.1) is 6.92 Å². The standard InChI is InChI=1S/C32H27N3O5/c1-20-6-4-5-7-26(20)33-29(36)19-40-32(37)23-12-17-27-28(18-23)35-31(22-10-15-25(39-3)16-11-22)30(34-27)21-8-13-24(38-2)14-9-21/h4-18H,19H2,1-3H3,(H,33,36). The first-order chi connectivity index (χ1) is 19.4. The number of hydrogen-bond donors (Lipinski definition) is 1. The first kappa shape index (κ1) is 26.4. The van der Waals surface area contributed by atoms with Crippen molar-refractivity contribution in [3.8, 4) is 34.0 Å². The quantitative estimate of drug-likeness (QED) is 0.241. The molecule has 5 rings (SSSR count). The number of hydrogen-bond acceptors (Lipinski definition) is 7. The molecule has 0 fully saturated rings. The van der Waals surface area contributed by atoms with E-state index in [9.17, 15) is 9.59 Å². The number of methoxy groups -OCH3 is 2. The monoisotopic (exact) mass is 533 g/mol. The molecular formula is C32H27N3O5. The van der Waals surface area contributed by atoms with Crippen molar-refractivity contribution in [3.05, 3.63) is 102 Å². The number of aromatic nitrogens is 2. The van der Waals surface area contributed by atoms with Crippen LogP contribution in [-0.2, 0) is 9.53 Å². The molecular weight excluding hydrogens is 506 g/mol. The number of carbonyl (C=O) groups is 2. The predicted molar refractivity (Wildman–Crippen MR) is 154 cm³/mol. The van der Waals surface area contributed by atoms with Crippen LogP contribution in [0.3, 0.4) is 0 Å². The summed E-state index contributed by atoms with van der Waals surface area (Å²) in [4.78, 5) is 35.0. The van der Waals surface area contributed by atoms with E-state index in [4.69, 9.17) is 24.2 Å². The minimum absolute atomic E-state index is 0.267. The van der Waals surface area contributed by atoms with Crippen molar-refractivity contribution in [2.45, 2.75) is 6.92 Å². The van der Waals surface area contributed by atoms with Gasteiger partial charge in [-0.2, -0.15) is 0 Å². The Labute approximate surface area is 231 Å². The van der Waals surface area contributed by atoms with Crippen molar-refractivity contribution in [2.24, 2.45) is 0 Å². The predicted octanol–water partition coefficient (Wildman–Crippen LogP) is 6.08. The molecule has 5 aromatic rings. The molecule has 1 aromatic heterocycles. The molecule has 0 radical (unpaired) electrons. The summed E-state index contributed by atoms with van der Waals surface area (Å²) in [5, 5.41) is 2.75. The molecule has 8 heteroatoms. The molecule has 0 saturated carbocycles. The molecule has 0 aliphatic rings. The number of anilines is 1. The lowest BCUT2D eigenvalue weighted by molar-refractivity contribution is -0.119. The van der Waals surface area contributed by atoms with Gasteiger partial charge in [-0.05, 0) is 85.3 Å². The van der Waals surface area contributed by atoms with E-state index in [1.54, 1.807) is 38.5 Å². The third-order valence-electron chi connectivity index (χ3n) is 6.38. The SMILES string of the molecule is COc1ccc(-c2nc3ccc(C(=O)OCC(=O)Nc4ccccc4C)cc3nc2-c2ccc(OC)cc2)cc1. The van der Waals surface area contributed by atoms with E-state index in [0.29, 0.717) is 28.1 Å². The van der Waals surface area contributed by atoms with E-state index in [0.717, 1.165) is 28.2 Å². The average molecular weight is 534 g/mol. The molecule has 8 nitrogen and oxygen atoms in total. The Bertz CT molecular complexity index is 1680. The van der Waals surface area contributed by atoms with E-state index in [-0.39, 0.29) is 5.56 Å². The number of carbonyl (C=O) groups excluding carboxylic acids is 2. The maximum absolute atomic E-state index is 12.8. The van der Waals surface area contributed by atoms with E-state index >= 15 is 0 Å². The summed E-state index contributed by atoms with van der Waals surface area (Å²) >= 11 is 0. The normalized spacial score (nSPS) is 10.7. The molecule has 200 valence electrons. The van der Waals surface area contributed by atoms with Crippen LogP contribution in [0.4, 0.5) is 5.69 Å². The number of ether oxygens (including phenoxy) is 3. The lowest BCUT2D eigenvalue weighted by atomic mass is 10.0. The van der Waals surface area contributed by atoms with Gasteiger partial charge >= 0.3 is 5.97 Å². The number of fused-ring (bicyclic) bond motifs is 1. The van der Waals surface area contributed by atoms with Crippen LogP contribution in [0.5, 0.6) is 11.5 Å². The van der Waals surface area contributed by atoms with Gasteiger partial charge in [0.25, 0.3) is 5.91 Å². The van der Waals surface area contributed by atoms with Crippen LogP contribution in [0.1, 0.15) is 15.9 Å². The summed E-state index contributed by atoms with van der Waals surface area (Å²) < 4.78 is 15.9. The van der Waals surface area contributed by atoms with Crippen LogP contribution in [0.15, 0.2) is 91.0 Å². The fraction of sp³-hybridized carbons (Fsp3) is 0.125. The molecule has 0 aliphatic carbocycles. The highest BCUT2D eigenvalue weighted by Gasteiger charge is 2.17. The van der Waals surface area contributed by atoms with Crippen molar-refractivity contribution in [1.82, 2.24) is 9.97 Å². The van der Waals surface area contributed by atoms with Gasteiger partial charge in [0, 0.05) is 16.8 Å². The van der Waals surface area contributed by atoms with Crippen LogP contribution in [0.2, 0.25) is 0 Å². The summed E-state index contributed by atoms with van der Waals surface area (Å²) in [5.74, 6) is 0.405. The molecule has 0 spiro atoms. The topological polar surface area (TPSA) is 99.6 Å². The molecule has 4 aromatic carbocycles. The summed E-state index contributed by atoms with van der Waals surface area (Å²) in [5.41, 5.74) is 6.00. The van der Waals surface area contributed by atoms with Gasteiger partial charge < -0.3 is 19.5 Å². The third-order valence-corrected chi connectivity index (χ3v) is 6.38. The maximum Gasteiger partial charge on any atom is 0.338 e. The molecule has 0 unspecified atom stereocenters. The largest absolute Gasteiger partial charge is 0.497 e. The zero-order valence-corrected chi connectivity index (χ0v) is 22.3. The van der Waals surface area contributed by atoms with Crippen LogP contribution in [0.25, 0.3) is 33.5 Å². The highest BCUT2D eigenvalue weighted by atomic mass is 16.5. The fourth-order valence-electron chi connectivity index (χ4n) is 4.20. The van der Waals surface area contributed by atoms with Crippen LogP contribution < -0.4 is 14.8 Å². The van der Waals surface area contributed by atoms with Crippen molar-refractivity contribution in [3.63, 3.8) is 0 Å². The number of para-hydroxylation sites is 1. The van der Waals surface area contributed by atoms with Gasteiger partial charge in [0.05, 0.1) is 42.2 Å². The number of amides is 1. The number of nitrogens with one attached hydrogen (secondary N) is 1. The van der Waals surface area contributed by atoms with Gasteiger partial charge in [-0.15, -0.1) is 0 Å². The number of esters is 1. The van der Waals surface area contributed by atoms with E-state index in [1.807, 2.05) is 73.7 Å². The lowest BCUT2D eigenvalue weighted by Crippen LogP contribution is -2.21. The first-order valence-electron chi connectivity index (χ1n) is 12.6. The van der Waals surface area contributed by atoms with Crippen molar-refractivity contribution < 1.29 is 23.8 Å². The molecule has 0 aliphatic heterocycles. The highest BCUT2D eigenvalue weighted by Crippen LogP contribution is 2.33.